The molecular weight excluding hydrogens is 551 g/mol. The van der Waals surface area contributed by atoms with Crippen molar-refractivity contribution in [2.75, 3.05) is 25.1 Å². The van der Waals surface area contributed by atoms with Crippen LogP contribution in [-0.2, 0) is 32.2 Å². The first-order chi connectivity index (χ1) is 17.7. The van der Waals surface area contributed by atoms with Crippen LogP contribution in [0.15, 0.2) is 28.7 Å². The number of nitrogens with two attached hydrogens (primary N) is 1. The average molecular weight is 576 g/mol. The van der Waals surface area contributed by atoms with Gasteiger partial charge in [0.25, 0.3) is 5.91 Å². The minimum absolute atomic E-state index is 0.344. The van der Waals surface area contributed by atoms with Gasteiger partial charge in [-0.1, -0.05) is 0 Å². The predicted molar refractivity (Wildman–Crippen MR) is 127 cm³/mol. The number of anilines is 1. The Labute approximate surface area is 219 Å². The van der Waals surface area contributed by atoms with E-state index < -0.39 is 121 Å². The zero-order valence-electron chi connectivity index (χ0n) is 20.6. The summed E-state index contributed by atoms with van der Waals surface area (Å²) in [5.74, 6) is -10.2. The number of carbonyl (C=O) groups excluding carboxylic acids is 3. The van der Waals surface area contributed by atoms with Gasteiger partial charge in [-0.3, -0.25) is 24.0 Å². The van der Waals surface area contributed by atoms with E-state index in [2.05, 4.69) is 0 Å². The van der Waals surface area contributed by atoms with Crippen LogP contribution in [-0.4, -0.2) is 83.2 Å². The monoisotopic (exact) mass is 575 g/mol. The van der Waals surface area contributed by atoms with Gasteiger partial charge in [-0.15, -0.1) is 0 Å². The summed E-state index contributed by atoms with van der Waals surface area (Å²) in [5.41, 5.74) is -3.49. The number of rotatable bonds is 4. The third kappa shape index (κ3) is 4.13. The van der Waals surface area contributed by atoms with E-state index in [1.807, 2.05) is 0 Å². The average Bonchev–Trinajstić information content (AvgIpc) is 2.76. The number of alkyl halides is 3. The second-order valence-corrected chi connectivity index (χ2v) is 11.8. The maximum absolute atomic E-state index is 14.1. The second-order valence-electron chi connectivity index (χ2n) is 10.0. The molecule has 7 N–H and O–H groups in total. The summed E-state index contributed by atoms with van der Waals surface area (Å²) in [6.07, 6.45) is -5.52. The van der Waals surface area contributed by atoms with Gasteiger partial charge in [0.2, 0.25) is 15.8 Å². The van der Waals surface area contributed by atoms with Crippen LogP contribution in [0.5, 0.6) is 5.75 Å². The molecule has 0 spiro atoms. The zero-order chi connectivity index (χ0) is 29.6. The highest BCUT2D eigenvalue weighted by atomic mass is 32.2. The normalized spacial score (nSPS) is 27.3. The van der Waals surface area contributed by atoms with E-state index in [9.17, 15) is 56.4 Å². The Hall–Kier alpha value is -3.63. The van der Waals surface area contributed by atoms with Gasteiger partial charge < -0.3 is 26.2 Å². The van der Waals surface area contributed by atoms with Crippen molar-refractivity contribution in [3.63, 3.8) is 0 Å². The van der Waals surface area contributed by atoms with Gasteiger partial charge in [-0.25, -0.2) is 8.42 Å². The quantitative estimate of drug-likeness (QED) is 0.217. The topological polar surface area (TPSA) is 208 Å². The summed E-state index contributed by atoms with van der Waals surface area (Å²) < 4.78 is 67.3. The molecule has 0 radical (unpaired) electrons. The number of primary amides is 1. The number of carbonyl (C=O) groups is 3. The van der Waals surface area contributed by atoms with Gasteiger partial charge in [-0.05, 0) is 44.5 Å². The summed E-state index contributed by atoms with van der Waals surface area (Å²) in [4.78, 5) is 40.1. The number of nitrogens with zero attached hydrogens (tertiary/aromatic N) is 1. The number of benzene rings is 1. The predicted octanol–water partition coefficient (Wildman–Crippen LogP) is 0.511. The SMILES string of the molecule is CN(C)[C@@H]1C(O)=C(C(N)=O)C(=O)[C@@]2(O)C(O)=C3C(=O)c4c(O)c(NS(C)(=O)=O)cc(C(F)(F)F)c4C[C@H]3C[C@@H]12. The van der Waals surface area contributed by atoms with Crippen LogP contribution in [0.3, 0.4) is 0 Å². The fourth-order valence-electron chi connectivity index (χ4n) is 5.85. The Morgan fingerprint density at radius 1 is 1.21 bits per heavy atom. The Morgan fingerprint density at radius 3 is 2.28 bits per heavy atom. The number of aliphatic hydroxyl groups excluding tert-OH is 2. The van der Waals surface area contributed by atoms with E-state index in [0.717, 1.165) is 0 Å². The number of amides is 1. The first kappa shape index (κ1) is 28.4. The lowest BCUT2D eigenvalue weighted by Crippen LogP contribution is -2.63. The van der Waals surface area contributed by atoms with Gasteiger partial charge in [0.15, 0.2) is 17.1 Å². The van der Waals surface area contributed by atoms with E-state index in [1.165, 1.54) is 19.0 Å². The fourth-order valence-corrected chi connectivity index (χ4v) is 6.40. The first-order valence-corrected chi connectivity index (χ1v) is 13.2. The number of sulfonamides is 1. The van der Waals surface area contributed by atoms with Crippen molar-refractivity contribution in [3.05, 3.63) is 45.4 Å². The van der Waals surface area contributed by atoms with E-state index in [4.69, 9.17) is 5.73 Å². The number of nitrogens with one attached hydrogen (secondary N) is 1. The van der Waals surface area contributed by atoms with Crippen molar-refractivity contribution in [2.24, 2.45) is 17.6 Å². The van der Waals surface area contributed by atoms with Crippen LogP contribution in [0.4, 0.5) is 18.9 Å². The molecule has 0 fully saturated rings. The number of likely N-dealkylation sites (N-methyl/N-ethyl adjacent to an activating group) is 1. The highest BCUT2D eigenvalue weighted by Gasteiger charge is 2.63. The minimum Gasteiger partial charge on any atom is -0.510 e. The molecule has 1 amide bonds. The molecule has 3 aliphatic carbocycles. The number of fused-ring (bicyclic) bond motifs is 3. The van der Waals surface area contributed by atoms with Gasteiger partial charge >= 0.3 is 6.18 Å². The number of Topliss-reactive ketones (excluding diaryl/α,β-unsaturated/α-hetero) is 2. The van der Waals surface area contributed by atoms with Crippen LogP contribution in [0.1, 0.15) is 27.9 Å². The molecule has 0 aromatic heterocycles. The molecular formula is C23H24F3N3O9S. The van der Waals surface area contributed by atoms with E-state index >= 15 is 0 Å². The van der Waals surface area contributed by atoms with Crippen molar-refractivity contribution in [1.82, 2.24) is 4.90 Å². The van der Waals surface area contributed by atoms with Gasteiger partial charge in [-0.2, -0.15) is 13.2 Å². The van der Waals surface area contributed by atoms with Crippen molar-refractivity contribution >= 4 is 33.2 Å². The first-order valence-electron chi connectivity index (χ1n) is 11.3. The Bertz CT molecular complexity index is 1510. The lowest BCUT2D eigenvalue weighted by atomic mass is 9.58. The number of phenolic OH excluding ortho intramolecular Hbond substituents is 1. The third-order valence-corrected chi connectivity index (χ3v) is 7.91. The van der Waals surface area contributed by atoms with Crippen LogP contribution in [0.25, 0.3) is 0 Å². The number of aromatic hydroxyl groups is 1. The second kappa shape index (κ2) is 8.69. The molecule has 0 heterocycles. The van der Waals surface area contributed by atoms with Crippen molar-refractivity contribution in [2.45, 2.75) is 30.7 Å². The molecule has 4 rings (SSSR count). The lowest BCUT2D eigenvalue weighted by Gasteiger charge is -2.50. The third-order valence-electron chi connectivity index (χ3n) is 7.32. The highest BCUT2D eigenvalue weighted by Crippen LogP contribution is 2.54. The molecule has 4 atom stereocenters. The van der Waals surface area contributed by atoms with Gasteiger partial charge in [0.05, 0.1) is 29.1 Å². The number of phenols is 1. The number of hydrogen-bond acceptors (Lipinski definition) is 10. The maximum atomic E-state index is 14.1. The number of hydrogen-bond donors (Lipinski definition) is 6. The Kier molecular flexibility index (Phi) is 6.32. The molecule has 1 aromatic carbocycles. The van der Waals surface area contributed by atoms with Crippen LogP contribution in [0.2, 0.25) is 0 Å². The smallest absolute Gasteiger partial charge is 0.416 e. The largest absolute Gasteiger partial charge is 0.510 e. The number of allylic oxidation sites excluding steroid dienone is 1. The van der Waals surface area contributed by atoms with Crippen molar-refractivity contribution < 1.29 is 56.4 Å². The summed E-state index contributed by atoms with van der Waals surface area (Å²) in [6, 6.07) is -0.969. The number of halogens is 3. The highest BCUT2D eigenvalue weighted by molar-refractivity contribution is 7.92. The number of ketones is 2. The molecule has 0 saturated heterocycles. The summed E-state index contributed by atoms with van der Waals surface area (Å²) in [6.45, 7) is 0. The van der Waals surface area contributed by atoms with E-state index in [-0.39, 0.29) is 0 Å². The molecule has 16 heteroatoms. The van der Waals surface area contributed by atoms with Crippen molar-refractivity contribution in [1.29, 1.82) is 0 Å². The van der Waals surface area contributed by atoms with E-state index in [0.29, 0.717) is 12.3 Å². The molecule has 12 nitrogen and oxygen atoms in total. The molecule has 1 aromatic rings. The fraction of sp³-hybridized carbons (Fsp3) is 0.435. The Balaban J connectivity index is 2.02. The molecule has 39 heavy (non-hydrogen) atoms. The van der Waals surface area contributed by atoms with Crippen LogP contribution < -0.4 is 10.5 Å². The molecule has 0 aliphatic heterocycles. The summed E-state index contributed by atoms with van der Waals surface area (Å²) >= 11 is 0. The maximum Gasteiger partial charge on any atom is 0.416 e. The Morgan fingerprint density at radius 2 is 1.79 bits per heavy atom. The molecule has 0 unspecified atom stereocenters. The molecule has 0 saturated carbocycles. The van der Waals surface area contributed by atoms with Crippen LogP contribution in [0, 0.1) is 11.8 Å². The lowest BCUT2D eigenvalue weighted by molar-refractivity contribution is -0.148. The summed E-state index contributed by atoms with van der Waals surface area (Å²) in [5, 5.41) is 44.1. The minimum atomic E-state index is -5.10. The van der Waals surface area contributed by atoms with Crippen LogP contribution >= 0.6 is 0 Å². The molecule has 3 aliphatic rings. The van der Waals surface area contributed by atoms with Gasteiger partial charge in [0.1, 0.15) is 17.1 Å². The van der Waals surface area contributed by atoms with E-state index in [1.54, 1.807) is 4.72 Å². The summed E-state index contributed by atoms with van der Waals surface area (Å²) in [7, 11) is -1.41. The van der Waals surface area contributed by atoms with Crippen molar-refractivity contribution in [3.8, 4) is 5.75 Å². The zero-order valence-corrected chi connectivity index (χ0v) is 21.4. The number of aliphatic hydroxyl groups is 3. The molecule has 212 valence electrons. The van der Waals surface area contributed by atoms with Gasteiger partial charge in [0, 0.05) is 11.5 Å². The standard InChI is InChI=1S/C23H24F3N3O9S/c1-29(2)15-10-5-7-4-8-9(23(24,25)26)6-11(28-39(3,37)38)16(30)13(8)17(31)12(7)19(33)22(10,36)20(34)14(18(15)32)21(27)35/h6-7,10,15,28,30,32-33,36H,4-5H2,1-3H3,(H2,27,35)/t7-,10-,15-,22-/m0/s1. The molecule has 0 bridgehead atoms.